The molecule has 0 radical (unpaired) electrons. The highest BCUT2D eigenvalue weighted by Crippen LogP contribution is 2.44. The van der Waals surface area contributed by atoms with Crippen LogP contribution in [0.4, 0.5) is 0 Å². The number of aryl methyl sites for hydroxylation is 1. The third-order valence-electron chi connectivity index (χ3n) is 4.54. The van der Waals surface area contributed by atoms with Gasteiger partial charge in [0.1, 0.15) is 5.75 Å². The summed E-state index contributed by atoms with van der Waals surface area (Å²) in [6.07, 6.45) is 0.986. The molecule has 0 saturated carbocycles. The Bertz CT molecular complexity index is 708. The van der Waals surface area contributed by atoms with Crippen LogP contribution in [-0.2, 0) is 5.41 Å². The zero-order valence-corrected chi connectivity index (χ0v) is 12.8. The van der Waals surface area contributed by atoms with E-state index in [1.165, 1.54) is 16.9 Å². The average molecular weight is 299 g/mol. The minimum atomic E-state index is -0.00143. The minimum absolute atomic E-state index is 0.00143. The number of carbonyl (C=O) groups excluding carboxylic acids is 1. The fourth-order valence-electron chi connectivity index (χ4n) is 3.41. The van der Waals surface area contributed by atoms with Gasteiger partial charge in [-0.3, -0.25) is 4.79 Å². The van der Waals surface area contributed by atoms with Gasteiger partial charge < -0.3 is 9.64 Å². The summed E-state index contributed by atoms with van der Waals surface area (Å²) >= 11 is 1.54. The molecule has 3 nitrogen and oxygen atoms in total. The maximum absolute atomic E-state index is 12.6. The molecule has 0 aliphatic carbocycles. The molecule has 108 valence electrons. The Balaban J connectivity index is 1.60. The molecule has 3 heterocycles. The predicted molar refractivity (Wildman–Crippen MR) is 83.2 cm³/mol. The van der Waals surface area contributed by atoms with Crippen LogP contribution in [0.25, 0.3) is 0 Å². The molecule has 0 N–H and O–H groups in total. The van der Waals surface area contributed by atoms with Crippen molar-refractivity contribution in [2.45, 2.75) is 18.8 Å². The van der Waals surface area contributed by atoms with Crippen molar-refractivity contribution in [3.63, 3.8) is 0 Å². The lowest BCUT2D eigenvalue weighted by atomic mass is 9.82. The second-order valence-corrected chi connectivity index (χ2v) is 6.94. The molecular formula is C17H17NO2S. The number of rotatable bonds is 1. The number of fused-ring (bicyclic) bond motifs is 2. The van der Waals surface area contributed by atoms with E-state index in [1.54, 1.807) is 0 Å². The maximum atomic E-state index is 12.6. The van der Waals surface area contributed by atoms with Gasteiger partial charge in [-0.05, 0) is 36.4 Å². The van der Waals surface area contributed by atoms with Crippen molar-refractivity contribution in [2.24, 2.45) is 0 Å². The molecular weight excluding hydrogens is 282 g/mol. The number of likely N-dealkylation sites (tertiary alicyclic amines) is 1. The number of ether oxygens (including phenoxy) is 1. The highest BCUT2D eigenvalue weighted by molar-refractivity contribution is 7.12. The van der Waals surface area contributed by atoms with Gasteiger partial charge >= 0.3 is 0 Å². The summed E-state index contributed by atoms with van der Waals surface area (Å²) in [5.74, 6) is 1.15. The summed E-state index contributed by atoms with van der Waals surface area (Å²) in [7, 11) is 0. The van der Waals surface area contributed by atoms with Crippen LogP contribution in [0.5, 0.6) is 5.75 Å². The Morgan fingerprint density at radius 3 is 3.05 bits per heavy atom. The van der Waals surface area contributed by atoms with Crippen molar-refractivity contribution in [2.75, 3.05) is 19.7 Å². The lowest BCUT2D eigenvalue weighted by Gasteiger charge is -2.22. The summed E-state index contributed by atoms with van der Waals surface area (Å²) < 4.78 is 5.84. The second-order valence-electron chi connectivity index (χ2n) is 6.03. The fourth-order valence-corrected chi connectivity index (χ4v) is 4.27. The summed E-state index contributed by atoms with van der Waals surface area (Å²) in [5.41, 5.74) is 2.42. The average Bonchev–Trinajstić information content (AvgIpc) is 3.20. The first-order valence-corrected chi connectivity index (χ1v) is 8.13. The van der Waals surface area contributed by atoms with E-state index >= 15 is 0 Å². The first-order valence-electron chi connectivity index (χ1n) is 7.25. The number of para-hydroxylation sites is 1. The van der Waals surface area contributed by atoms with E-state index in [9.17, 15) is 4.79 Å². The van der Waals surface area contributed by atoms with Crippen molar-refractivity contribution in [3.8, 4) is 5.75 Å². The first kappa shape index (κ1) is 12.9. The predicted octanol–water partition coefficient (Wildman–Crippen LogP) is 3.23. The SMILES string of the molecule is Cc1csc(C(=O)N2CCC3(COc4ccccc43)C2)c1. The molecule has 1 fully saturated rings. The van der Waals surface area contributed by atoms with E-state index < -0.39 is 0 Å². The minimum Gasteiger partial charge on any atom is -0.492 e. The van der Waals surface area contributed by atoms with Crippen LogP contribution in [0.3, 0.4) is 0 Å². The molecule has 0 bridgehead atoms. The number of carbonyl (C=O) groups is 1. The highest BCUT2D eigenvalue weighted by atomic mass is 32.1. The van der Waals surface area contributed by atoms with Crippen molar-refractivity contribution in [1.29, 1.82) is 0 Å². The van der Waals surface area contributed by atoms with Crippen LogP contribution in [0, 0.1) is 6.92 Å². The number of amides is 1. The molecule has 2 aliphatic rings. The van der Waals surface area contributed by atoms with E-state index in [2.05, 4.69) is 12.1 Å². The quantitative estimate of drug-likeness (QED) is 0.809. The summed E-state index contributed by atoms with van der Waals surface area (Å²) in [5, 5.41) is 2.03. The molecule has 4 heteroatoms. The Morgan fingerprint density at radius 1 is 1.38 bits per heavy atom. The molecule has 1 aromatic carbocycles. The van der Waals surface area contributed by atoms with Gasteiger partial charge in [-0.2, -0.15) is 0 Å². The second kappa shape index (κ2) is 4.60. The Kier molecular flexibility index (Phi) is 2.82. The Morgan fingerprint density at radius 2 is 2.24 bits per heavy atom. The number of hydrogen-bond acceptors (Lipinski definition) is 3. The molecule has 1 atom stereocenters. The molecule has 1 aromatic heterocycles. The summed E-state index contributed by atoms with van der Waals surface area (Å²) in [6.45, 7) is 4.30. The molecule has 1 saturated heterocycles. The van der Waals surface area contributed by atoms with Gasteiger partial charge in [0.05, 0.1) is 16.9 Å². The van der Waals surface area contributed by atoms with Gasteiger partial charge in [-0.25, -0.2) is 0 Å². The lowest BCUT2D eigenvalue weighted by molar-refractivity contribution is 0.0785. The van der Waals surface area contributed by atoms with E-state index in [1.807, 2.05) is 35.4 Å². The number of hydrogen-bond donors (Lipinski definition) is 0. The van der Waals surface area contributed by atoms with E-state index in [0.29, 0.717) is 6.61 Å². The fraction of sp³-hybridized carbons (Fsp3) is 0.353. The Labute approximate surface area is 128 Å². The molecule has 21 heavy (non-hydrogen) atoms. The molecule has 2 aromatic rings. The zero-order chi connectivity index (χ0) is 14.4. The van der Waals surface area contributed by atoms with E-state index in [4.69, 9.17) is 4.74 Å². The van der Waals surface area contributed by atoms with Crippen LogP contribution < -0.4 is 4.74 Å². The zero-order valence-electron chi connectivity index (χ0n) is 12.0. The van der Waals surface area contributed by atoms with Gasteiger partial charge in [0.15, 0.2) is 0 Å². The molecule has 1 spiro atoms. The summed E-state index contributed by atoms with van der Waals surface area (Å²) in [6, 6.07) is 10.2. The highest BCUT2D eigenvalue weighted by Gasteiger charge is 2.47. The molecule has 4 rings (SSSR count). The van der Waals surface area contributed by atoms with E-state index in [-0.39, 0.29) is 11.3 Å². The monoisotopic (exact) mass is 299 g/mol. The molecule has 2 aliphatic heterocycles. The summed E-state index contributed by atoms with van der Waals surface area (Å²) in [4.78, 5) is 15.4. The van der Waals surface area contributed by atoms with Gasteiger partial charge in [0.2, 0.25) is 0 Å². The largest absolute Gasteiger partial charge is 0.492 e. The lowest BCUT2D eigenvalue weighted by Crippen LogP contribution is -2.35. The van der Waals surface area contributed by atoms with Crippen LogP contribution in [-0.4, -0.2) is 30.5 Å². The number of nitrogens with zero attached hydrogens (tertiary/aromatic N) is 1. The number of benzene rings is 1. The first-order chi connectivity index (χ1) is 10.2. The Hall–Kier alpha value is -1.81. The standard InChI is InChI=1S/C17H17NO2S/c1-12-8-15(21-9-12)16(19)18-7-6-17(10-18)11-20-14-5-3-2-4-13(14)17/h2-5,8-9H,6-7,10-11H2,1H3. The van der Waals surface area contributed by atoms with Crippen LogP contribution in [0.1, 0.15) is 27.2 Å². The van der Waals surface area contributed by atoms with Gasteiger partial charge in [0, 0.05) is 18.7 Å². The van der Waals surface area contributed by atoms with Gasteiger partial charge in [-0.15, -0.1) is 11.3 Å². The molecule has 1 unspecified atom stereocenters. The van der Waals surface area contributed by atoms with Crippen molar-refractivity contribution < 1.29 is 9.53 Å². The topological polar surface area (TPSA) is 29.5 Å². The number of thiophene rings is 1. The van der Waals surface area contributed by atoms with Gasteiger partial charge in [0.25, 0.3) is 5.91 Å². The van der Waals surface area contributed by atoms with Crippen LogP contribution >= 0.6 is 11.3 Å². The van der Waals surface area contributed by atoms with Gasteiger partial charge in [-0.1, -0.05) is 18.2 Å². The molecule has 1 amide bonds. The third-order valence-corrected chi connectivity index (χ3v) is 5.58. The smallest absolute Gasteiger partial charge is 0.263 e. The third kappa shape index (κ3) is 1.97. The maximum Gasteiger partial charge on any atom is 0.263 e. The van der Waals surface area contributed by atoms with Crippen molar-refractivity contribution in [1.82, 2.24) is 4.90 Å². The van der Waals surface area contributed by atoms with E-state index in [0.717, 1.165) is 35.7 Å². The van der Waals surface area contributed by atoms with Crippen LogP contribution in [0.15, 0.2) is 35.7 Å². The van der Waals surface area contributed by atoms with Crippen LogP contribution in [0.2, 0.25) is 0 Å². The van der Waals surface area contributed by atoms with Crippen molar-refractivity contribution >= 4 is 17.2 Å². The van der Waals surface area contributed by atoms with Crippen molar-refractivity contribution in [3.05, 3.63) is 51.7 Å². The normalized spacial score (nSPS) is 23.4.